The highest BCUT2D eigenvalue weighted by Gasteiger charge is 2.28. The van der Waals surface area contributed by atoms with Gasteiger partial charge in [0.15, 0.2) is 10.3 Å². The van der Waals surface area contributed by atoms with Crippen molar-refractivity contribution in [1.29, 1.82) is 0 Å². The Morgan fingerprint density at radius 1 is 1.75 bits per heavy atom. The van der Waals surface area contributed by atoms with Crippen LogP contribution in [0.3, 0.4) is 0 Å². The van der Waals surface area contributed by atoms with Crippen molar-refractivity contribution in [2.75, 3.05) is 19.3 Å². The van der Waals surface area contributed by atoms with Gasteiger partial charge in [0.25, 0.3) is 0 Å². The van der Waals surface area contributed by atoms with Crippen LogP contribution in [0.2, 0.25) is 0 Å². The molecule has 1 fully saturated rings. The summed E-state index contributed by atoms with van der Waals surface area (Å²) >= 11 is 6.27. The zero-order valence-electron chi connectivity index (χ0n) is 9.24. The number of thiocarbonyl (C=S) groups is 1. The maximum Gasteiger partial charge on any atom is 0.239 e. The summed E-state index contributed by atoms with van der Waals surface area (Å²) in [6.45, 7) is 6.16. The first-order valence-corrected chi connectivity index (χ1v) is 6.07. The van der Waals surface area contributed by atoms with Gasteiger partial charge in [0.05, 0.1) is 5.75 Å². The summed E-state index contributed by atoms with van der Waals surface area (Å²) in [7, 11) is 1.70. The minimum Gasteiger partial charge on any atom is -0.364 e. The number of carbonyl (C=O) groups excluding carboxylic acids is 1. The Balaban J connectivity index is 2.67. The average Bonchev–Trinajstić information content (AvgIpc) is 2.56. The molecule has 0 unspecified atom stereocenters. The zero-order valence-corrected chi connectivity index (χ0v) is 10.9. The second kappa shape index (κ2) is 5.86. The Morgan fingerprint density at radius 2 is 2.44 bits per heavy atom. The SMILES string of the molecule is C=C(C)CN1C(=O)CS/C1=N/NC(=S)NC. The van der Waals surface area contributed by atoms with Crippen molar-refractivity contribution >= 4 is 40.2 Å². The molecule has 0 aromatic heterocycles. The average molecular weight is 258 g/mol. The number of hydrogen-bond acceptors (Lipinski definition) is 4. The molecular formula is C9H14N4OS2. The van der Waals surface area contributed by atoms with E-state index in [1.54, 1.807) is 11.9 Å². The van der Waals surface area contributed by atoms with Crippen LogP contribution in [0.5, 0.6) is 0 Å². The number of amidine groups is 1. The van der Waals surface area contributed by atoms with Crippen molar-refractivity contribution in [1.82, 2.24) is 15.6 Å². The summed E-state index contributed by atoms with van der Waals surface area (Å²) in [5, 5.41) is 7.86. The summed E-state index contributed by atoms with van der Waals surface area (Å²) < 4.78 is 0. The highest BCUT2D eigenvalue weighted by molar-refractivity contribution is 8.15. The Kier molecular flexibility index (Phi) is 4.75. The highest BCUT2D eigenvalue weighted by Crippen LogP contribution is 2.19. The first kappa shape index (κ1) is 13.0. The summed E-state index contributed by atoms with van der Waals surface area (Å²) in [6, 6.07) is 0. The van der Waals surface area contributed by atoms with Crippen LogP contribution in [0.15, 0.2) is 17.3 Å². The molecule has 0 aromatic rings. The molecule has 1 rings (SSSR count). The number of nitrogens with one attached hydrogen (secondary N) is 2. The van der Waals surface area contributed by atoms with Crippen molar-refractivity contribution in [3.05, 3.63) is 12.2 Å². The van der Waals surface area contributed by atoms with Gasteiger partial charge in [0, 0.05) is 13.6 Å². The number of carbonyl (C=O) groups is 1. The smallest absolute Gasteiger partial charge is 0.239 e. The normalized spacial score (nSPS) is 17.8. The van der Waals surface area contributed by atoms with Gasteiger partial charge in [0.2, 0.25) is 5.91 Å². The maximum absolute atomic E-state index is 11.5. The monoisotopic (exact) mass is 258 g/mol. The minimum absolute atomic E-state index is 0.0453. The summed E-state index contributed by atoms with van der Waals surface area (Å²) in [4.78, 5) is 13.1. The molecule has 5 nitrogen and oxygen atoms in total. The van der Waals surface area contributed by atoms with Crippen molar-refractivity contribution in [2.45, 2.75) is 6.92 Å². The predicted octanol–water partition coefficient (Wildman–Crippen LogP) is 0.503. The number of rotatable bonds is 3. The van der Waals surface area contributed by atoms with E-state index >= 15 is 0 Å². The Bertz CT molecular complexity index is 353. The third-order valence-corrected chi connectivity index (χ3v) is 3.02. The van der Waals surface area contributed by atoms with Crippen LogP contribution >= 0.6 is 24.0 Å². The molecule has 1 saturated heterocycles. The fourth-order valence-electron chi connectivity index (χ4n) is 1.06. The van der Waals surface area contributed by atoms with E-state index in [1.807, 2.05) is 6.92 Å². The van der Waals surface area contributed by atoms with E-state index in [0.717, 1.165) is 5.57 Å². The lowest BCUT2D eigenvalue weighted by atomic mass is 10.3. The molecule has 0 radical (unpaired) electrons. The molecule has 1 aliphatic heterocycles. The Labute approximate surface area is 104 Å². The van der Waals surface area contributed by atoms with Crippen LogP contribution in [0.1, 0.15) is 6.92 Å². The van der Waals surface area contributed by atoms with Gasteiger partial charge in [-0.2, -0.15) is 0 Å². The van der Waals surface area contributed by atoms with Gasteiger partial charge in [-0.3, -0.25) is 15.1 Å². The van der Waals surface area contributed by atoms with E-state index in [-0.39, 0.29) is 5.91 Å². The van der Waals surface area contributed by atoms with Crippen LogP contribution in [0, 0.1) is 0 Å². The fourth-order valence-corrected chi connectivity index (χ4v) is 1.95. The van der Waals surface area contributed by atoms with Crippen molar-refractivity contribution in [2.24, 2.45) is 5.10 Å². The number of nitrogens with zero attached hydrogens (tertiary/aromatic N) is 2. The first-order valence-electron chi connectivity index (χ1n) is 4.67. The molecule has 88 valence electrons. The largest absolute Gasteiger partial charge is 0.364 e. The first-order chi connectivity index (χ1) is 7.54. The summed E-state index contributed by atoms with van der Waals surface area (Å²) in [6.07, 6.45) is 0. The molecule has 0 spiro atoms. The molecular weight excluding hydrogens is 244 g/mol. The van der Waals surface area contributed by atoms with E-state index < -0.39 is 0 Å². The van der Waals surface area contributed by atoms with Crippen molar-refractivity contribution in [3.63, 3.8) is 0 Å². The van der Waals surface area contributed by atoms with Crippen molar-refractivity contribution in [3.8, 4) is 0 Å². The van der Waals surface area contributed by atoms with E-state index in [0.29, 0.717) is 22.6 Å². The summed E-state index contributed by atoms with van der Waals surface area (Å²) in [5.41, 5.74) is 3.58. The summed E-state index contributed by atoms with van der Waals surface area (Å²) in [5.74, 6) is 0.462. The van der Waals surface area contributed by atoms with E-state index in [4.69, 9.17) is 12.2 Å². The Hall–Kier alpha value is -1.08. The van der Waals surface area contributed by atoms with Gasteiger partial charge in [-0.1, -0.05) is 23.9 Å². The highest BCUT2D eigenvalue weighted by atomic mass is 32.2. The van der Waals surface area contributed by atoms with Gasteiger partial charge < -0.3 is 5.32 Å². The van der Waals surface area contributed by atoms with Crippen LogP contribution in [0.25, 0.3) is 0 Å². The lowest BCUT2D eigenvalue weighted by molar-refractivity contribution is -0.123. The number of hydrogen-bond donors (Lipinski definition) is 2. The van der Waals surface area contributed by atoms with Crippen LogP contribution in [-0.2, 0) is 4.79 Å². The molecule has 2 N–H and O–H groups in total. The molecule has 7 heteroatoms. The molecule has 0 aliphatic carbocycles. The van der Waals surface area contributed by atoms with Gasteiger partial charge in [-0.05, 0) is 19.1 Å². The topological polar surface area (TPSA) is 56.7 Å². The molecule has 1 aliphatic rings. The lowest BCUT2D eigenvalue weighted by Crippen LogP contribution is -2.34. The van der Waals surface area contributed by atoms with Gasteiger partial charge in [-0.25, -0.2) is 0 Å². The fraction of sp³-hybridized carbons (Fsp3) is 0.444. The second-order valence-electron chi connectivity index (χ2n) is 3.31. The quantitative estimate of drug-likeness (QED) is 0.439. The third kappa shape index (κ3) is 3.49. The number of thioether (sulfide) groups is 1. The third-order valence-electron chi connectivity index (χ3n) is 1.76. The molecule has 1 heterocycles. The van der Waals surface area contributed by atoms with E-state index in [2.05, 4.69) is 22.4 Å². The maximum atomic E-state index is 11.5. The molecule has 1 amide bonds. The standard InChI is InChI=1S/C9H14N4OS2/c1-6(2)4-13-7(14)5-16-9(13)12-11-8(15)10-3/h1,4-5H2,2-3H3,(H2,10,11,15)/b12-9+. The zero-order chi connectivity index (χ0) is 12.1. The second-order valence-corrected chi connectivity index (χ2v) is 4.66. The van der Waals surface area contributed by atoms with Crippen molar-refractivity contribution < 1.29 is 4.79 Å². The van der Waals surface area contributed by atoms with E-state index in [9.17, 15) is 4.79 Å². The minimum atomic E-state index is 0.0453. The van der Waals surface area contributed by atoms with Gasteiger partial charge in [-0.15, -0.1) is 5.10 Å². The number of hydrazone groups is 1. The van der Waals surface area contributed by atoms with E-state index in [1.165, 1.54) is 11.8 Å². The van der Waals surface area contributed by atoms with Crippen LogP contribution in [-0.4, -0.2) is 40.4 Å². The van der Waals surface area contributed by atoms with Gasteiger partial charge >= 0.3 is 0 Å². The van der Waals surface area contributed by atoms with Crippen LogP contribution < -0.4 is 10.7 Å². The molecule has 0 saturated carbocycles. The van der Waals surface area contributed by atoms with Gasteiger partial charge in [0.1, 0.15) is 0 Å². The molecule has 0 aromatic carbocycles. The molecule has 0 bridgehead atoms. The Morgan fingerprint density at radius 3 is 3.00 bits per heavy atom. The lowest BCUT2D eigenvalue weighted by Gasteiger charge is -2.15. The van der Waals surface area contributed by atoms with Crippen LogP contribution in [0.4, 0.5) is 0 Å². The molecule has 16 heavy (non-hydrogen) atoms. The molecule has 0 atom stereocenters. The number of amides is 1. The predicted molar refractivity (Wildman–Crippen MR) is 71.2 cm³/mol.